The second-order valence-corrected chi connectivity index (χ2v) is 3.70. The molecule has 0 aliphatic carbocycles. The Bertz CT molecular complexity index is 582. The van der Waals surface area contributed by atoms with Gasteiger partial charge in [-0.15, -0.1) is 0 Å². The zero-order valence-corrected chi connectivity index (χ0v) is 9.95. The maximum atomic E-state index is 11.9. The molecule has 0 bridgehead atoms. The van der Waals surface area contributed by atoms with E-state index in [2.05, 4.69) is 4.74 Å². The van der Waals surface area contributed by atoms with Crippen LogP contribution in [0.4, 0.5) is 0 Å². The fourth-order valence-corrected chi connectivity index (χ4v) is 1.65. The number of nitrogens with zero attached hydrogens (tertiary/aromatic N) is 1. The molecule has 2 rings (SSSR count). The number of esters is 1. The minimum atomic E-state index is -1.06. The molecule has 0 saturated carbocycles. The van der Waals surface area contributed by atoms with Gasteiger partial charge in [-0.25, -0.2) is 9.69 Å². The summed E-state index contributed by atoms with van der Waals surface area (Å²) in [7, 11) is 1.07. The van der Waals surface area contributed by atoms with E-state index in [1.54, 1.807) is 12.1 Å². The molecule has 6 nitrogen and oxygen atoms in total. The van der Waals surface area contributed by atoms with Crippen molar-refractivity contribution in [3.63, 3.8) is 0 Å². The van der Waals surface area contributed by atoms with Gasteiger partial charge in [0.15, 0.2) is 0 Å². The SMILES string of the molecule is COC(=O)C(=O)/C=C/N1C(=O)c2ccccc2C1=O. The molecule has 0 radical (unpaired) electrons. The summed E-state index contributed by atoms with van der Waals surface area (Å²) in [5.74, 6) is -3.07. The third kappa shape index (κ3) is 2.15. The number of fused-ring (bicyclic) bond motifs is 1. The van der Waals surface area contributed by atoms with Gasteiger partial charge in [-0.05, 0) is 12.1 Å². The van der Waals surface area contributed by atoms with Crippen LogP contribution in [0.15, 0.2) is 36.5 Å². The van der Waals surface area contributed by atoms with E-state index in [0.717, 1.165) is 24.3 Å². The van der Waals surface area contributed by atoms with Crippen LogP contribution < -0.4 is 0 Å². The quantitative estimate of drug-likeness (QED) is 0.342. The van der Waals surface area contributed by atoms with Crippen molar-refractivity contribution in [1.29, 1.82) is 0 Å². The van der Waals surface area contributed by atoms with Crippen molar-refractivity contribution in [2.45, 2.75) is 0 Å². The van der Waals surface area contributed by atoms with E-state index in [4.69, 9.17) is 0 Å². The number of hydrogen-bond donors (Lipinski definition) is 0. The molecular formula is C13H9NO5. The number of ketones is 1. The number of ether oxygens (including phenoxy) is 1. The lowest BCUT2D eigenvalue weighted by Crippen LogP contribution is -2.24. The van der Waals surface area contributed by atoms with Crippen molar-refractivity contribution >= 4 is 23.6 Å². The van der Waals surface area contributed by atoms with Crippen molar-refractivity contribution in [2.24, 2.45) is 0 Å². The van der Waals surface area contributed by atoms with Crippen LogP contribution in [-0.2, 0) is 14.3 Å². The molecule has 0 atom stereocenters. The van der Waals surface area contributed by atoms with Gasteiger partial charge in [0, 0.05) is 12.3 Å². The first kappa shape index (κ1) is 12.7. The van der Waals surface area contributed by atoms with Crippen molar-refractivity contribution in [3.05, 3.63) is 47.7 Å². The molecular weight excluding hydrogens is 250 g/mol. The summed E-state index contributed by atoms with van der Waals surface area (Å²) in [5, 5.41) is 0. The number of carbonyl (C=O) groups excluding carboxylic acids is 4. The first-order chi connectivity index (χ1) is 9.06. The highest BCUT2D eigenvalue weighted by Crippen LogP contribution is 2.22. The Balaban J connectivity index is 2.24. The lowest BCUT2D eigenvalue weighted by molar-refractivity contribution is -0.149. The molecule has 1 heterocycles. The lowest BCUT2D eigenvalue weighted by atomic mass is 10.1. The number of benzene rings is 1. The third-order valence-corrected chi connectivity index (χ3v) is 2.59. The molecule has 1 aromatic carbocycles. The summed E-state index contributed by atoms with van der Waals surface area (Å²) in [5.41, 5.74) is 0.533. The highest BCUT2D eigenvalue weighted by molar-refractivity contribution is 6.38. The maximum absolute atomic E-state index is 11.9. The van der Waals surface area contributed by atoms with Crippen LogP contribution >= 0.6 is 0 Å². The first-order valence-corrected chi connectivity index (χ1v) is 5.33. The van der Waals surface area contributed by atoms with E-state index < -0.39 is 23.6 Å². The largest absolute Gasteiger partial charge is 0.463 e. The summed E-state index contributed by atoms with van der Waals surface area (Å²) >= 11 is 0. The van der Waals surface area contributed by atoms with E-state index in [9.17, 15) is 19.2 Å². The Morgan fingerprint density at radius 2 is 1.63 bits per heavy atom. The fourth-order valence-electron chi connectivity index (χ4n) is 1.65. The number of rotatable bonds is 3. The van der Waals surface area contributed by atoms with Crippen molar-refractivity contribution in [2.75, 3.05) is 7.11 Å². The Kier molecular flexibility index (Phi) is 3.24. The first-order valence-electron chi connectivity index (χ1n) is 5.33. The highest BCUT2D eigenvalue weighted by Gasteiger charge is 2.33. The summed E-state index contributed by atoms with van der Waals surface area (Å²) in [6.45, 7) is 0. The Morgan fingerprint density at radius 3 is 2.11 bits per heavy atom. The van der Waals surface area contributed by atoms with Crippen LogP contribution in [0, 0.1) is 0 Å². The number of methoxy groups -OCH3 is 1. The summed E-state index contributed by atoms with van der Waals surface area (Å²) in [6, 6.07) is 6.31. The minimum Gasteiger partial charge on any atom is -0.463 e. The molecule has 0 spiro atoms. The van der Waals surface area contributed by atoms with Gasteiger partial charge in [0.1, 0.15) is 0 Å². The van der Waals surface area contributed by atoms with Gasteiger partial charge < -0.3 is 4.74 Å². The molecule has 0 N–H and O–H groups in total. The van der Waals surface area contributed by atoms with Crippen molar-refractivity contribution in [1.82, 2.24) is 4.90 Å². The van der Waals surface area contributed by atoms with E-state index in [1.807, 2.05) is 0 Å². The van der Waals surface area contributed by atoms with Crippen molar-refractivity contribution < 1.29 is 23.9 Å². The normalized spacial score (nSPS) is 13.8. The summed E-state index contributed by atoms with van der Waals surface area (Å²) < 4.78 is 4.21. The second kappa shape index (κ2) is 4.85. The molecule has 0 unspecified atom stereocenters. The number of hydrogen-bond acceptors (Lipinski definition) is 5. The number of carbonyl (C=O) groups is 4. The molecule has 19 heavy (non-hydrogen) atoms. The van der Waals surface area contributed by atoms with E-state index in [1.165, 1.54) is 12.1 Å². The lowest BCUT2D eigenvalue weighted by Gasteiger charge is -2.06. The van der Waals surface area contributed by atoms with Gasteiger partial charge in [0.25, 0.3) is 17.6 Å². The second-order valence-electron chi connectivity index (χ2n) is 3.70. The molecule has 1 aromatic rings. The van der Waals surface area contributed by atoms with Gasteiger partial charge in [0.2, 0.25) is 0 Å². The monoisotopic (exact) mass is 259 g/mol. The van der Waals surface area contributed by atoms with E-state index >= 15 is 0 Å². The molecule has 1 aliphatic heterocycles. The van der Waals surface area contributed by atoms with Crippen LogP contribution in [-0.4, -0.2) is 35.6 Å². The van der Waals surface area contributed by atoms with Gasteiger partial charge in [-0.3, -0.25) is 14.4 Å². The molecule has 1 aliphatic rings. The van der Waals surface area contributed by atoms with Crippen LogP contribution in [0.25, 0.3) is 0 Å². The van der Waals surface area contributed by atoms with Crippen LogP contribution in [0.2, 0.25) is 0 Å². The Hall–Kier alpha value is -2.76. The van der Waals surface area contributed by atoms with Crippen LogP contribution in [0.3, 0.4) is 0 Å². The molecule has 0 saturated heterocycles. The number of imide groups is 1. The molecule has 6 heteroatoms. The Labute approximate surface area is 108 Å². The predicted molar refractivity (Wildman–Crippen MR) is 63.1 cm³/mol. The fraction of sp³-hybridized carbons (Fsp3) is 0.0769. The molecule has 0 aromatic heterocycles. The van der Waals surface area contributed by atoms with Gasteiger partial charge in [0.05, 0.1) is 18.2 Å². The van der Waals surface area contributed by atoms with Gasteiger partial charge >= 0.3 is 5.97 Å². The van der Waals surface area contributed by atoms with E-state index in [0.29, 0.717) is 0 Å². The van der Waals surface area contributed by atoms with Crippen LogP contribution in [0.5, 0.6) is 0 Å². The topological polar surface area (TPSA) is 80.8 Å². The number of amides is 2. The van der Waals surface area contributed by atoms with Gasteiger partial charge in [-0.2, -0.15) is 0 Å². The molecule has 2 amide bonds. The summed E-state index contributed by atoms with van der Waals surface area (Å²) in [4.78, 5) is 46.6. The highest BCUT2D eigenvalue weighted by atomic mass is 16.5. The standard InChI is InChI=1S/C13H9NO5/c1-19-13(18)10(15)6-7-14-11(16)8-4-2-3-5-9(8)12(14)17/h2-7H,1H3/b7-6+. The minimum absolute atomic E-state index is 0.266. The zero-order chi connectivity index (χ0) is 14.0. The van der Waals surface area contributed by atoms with Crippen LogP contribution in [0.1, 0.15) is 20.7 Å². The average Bonchev–Trinajstić information content (AvgIpc) is 2.68. The Morgan fingerprint density at radius 1 is 1.11 bits per heavy atom. The third-order valence-electron chi connectivity index (χ3n) is 2.59. The summed E-state index contributed by atoms with van der Waals surface area (Å²) in [6.07, 6.45) is 1.80. The average molecular weight is 259 g/mol. The smallest absolute Gasteiger partial charge is 0.378 e. The molecule has 0 fully saturated rings. The maximum Gasteiger partial charge on any atom is 0.378 e. The zero-order valence-electron chi connectivity index (χ0n) is 9.95. The van der Waals surface area contributed by atoms with Crippen molar-refractivity contribution in [3.8, 4) is 0 Å². The van der Waals surface area contributed by atoms with E-state index in [-0.39, 0.29) is 11.1 Å². The predicted octanol–water partition coefficient (Wildman–Crippen LogP) is 0.538. The van der Waals surface area contributed by atoms with Gasteiger partial charge in [-0.1, -0.05) is 12.1 Å². The molecule has 96 valence electrons.